The van der Waals surface area contributed by atoms with E-state index in [9.17, 15) is 13.2 Å². The lowest BCUT2D eigenvalue weighted by molar-refractivity contribution is -0.129. The highest BCUT2D eigenvalue weighted by molar-refractivity contribution is 8.01. The van der Waals surface area contributed by atoms with Gasteiger partial charge in [0.1, 0.15) is 0 Å². The normalized spacial score (nSPS) is 15.0. The number of amides is 1. The Hall–Kier alpha value is -2.47. The van der Waals surface area contributed by atoms with E-state index in [-0.39, 0.29) is 29.6 Å². The maximum Gasteiger partial charge on any atom is 0.243 e. The predicted octanol–water partition coefficient (Wildman–Crippen LogP) is 2.91. The highest BCUT2D eigenvalue weighted by Crippen LogP contribution is 2.28. The Morgan fingerprint density at radius 1 is 0.968 bits per heavy atom. The van der Waals surface area contributed by atoms with Gasteiger partial charge in [0, 0.05) is 31.9 Å². The van der Waals surface area contributed by atoms with Crippen LogP contribution in [0, 0.1) is 0 Å². The summed E-state index contributed by atoms with van der Waals surface area (Å²) in [5.74, 6) is 0.209. The summed E-state index contributed by atoms with van der Waals surface area (Å²) in [5, 5.41) is 12.1. The van der Waals surface area contributed by atoms with Gasteiger partial charge < -0.3 is 10.2 Å². The third-order valence-corrected chi connectivity index (χ3v) is 8.59. The van der Waals surface area contributed by atoms with E-state index in [2.05, 4.69) is 15.5 Å². The summed E-state index contributed by atoms with van der Waals surface area (Å²) in [6, 6.07) is 18.1. The Kier molecular flexibility index (Phi) is 6.86. The predicted molar refractivity (Wildman–Crippen MR) is 122 cm³/mol. The lowest BCUT2D eigenvalue weighted by atomic mass is 10.3. The van der Waals surface area contributed by atoms with Crippen molar-refractivity contribution in [1.82, 2.24) is 19.4 Å². The Bertz CT molecular complexity index is 1120. The Labute approximate surface area is 189 Å². The number of carbonyl (C=O) groups excluding carboxylic acids is 1. The second-order valence-electron chi connectivity index (χ2n) is 6.75. The molecule has 8 nitrogen and oxygen atoms in total. The van der Waals surface area contributed by atoms with E-state index in [1.807, 2.05) is 30.3 Å². The van der Waals surface area contributed by atoms with E-state index in [4.69, 9.17) is 0 Å². The van der Waals surface area contributed by atoms with Gasteiger partial charge in [-0.15, -0.1) is 10.2 Å². The third-order valence-electron chi connectivity index (χ3n) is 4.72. The Balaban J connectivity index is 1.26. The zero-order valence-corrected chi connectivity index (χ0v) is 19.0. The molecule has 1 aliphatic heterocycles. The molecule has 1 aromatic heterocycles. The highest BCUT2D eigenvalue weighted by Gasteiger charge is 2.30. The fourth-order valence-corrected chi connectivity index (χ4v) is 6.22. The van der Waals surface area contributed by atoms with Gasteiger partial charge in [-0.25, -0.2) is 8.42 Å². The zero-order valence-electron chi connectivity index (χ0n) is 16.5. The number of carbonyl (C=O) groups is 1. The number of hydrogen-bond donors (Lipinski definition) is 1. The highest BCUT2D eigenvalue weighted by atomic mass is 32.2. The van der Waals surface area contributed by atoms with Crippen molar-refractivity contribution in [3.63, 3.8) is 0 Å². The molecule has 0 unspecified atom stereocenters. The fourth-order valence-electron chi connectivity index (χ4n) is 3.10. The van der Waals surface area contributed by atoms with Gasteiger partial charge in [-0.05, 0) is 24.3 Å². The molecule has 1 fully saturated rings. The van der Waals surface area contributed by atoms with Crippen LogP contribution in [0.3, 0.4) is 0 Å². The summed E-state index contributed by atoms with van der Waals surface area (Å²) in [5.41, 5.74) is 0.926. The number of aromatic nitrogens is 2. The van der Waals surface area contributed by atoms with Gasteiger partial charge in [-0.1, -0.05) is 59.5 Å². The summed E-state index contributed by atoms with van der Waals surface area (Å²) in [6.07, 6.45) is 0. The van der Waals surface area contributed by atoms with Crippen LogP contribution in [0.2, 0.25) is 0 Å². The first-order chi connectivity index (χ1) is 15.0. The van der Waals surface area contributed by atoms with Crippen molar-refractivity contribution in [3.8, 4) is 0 Å². The van der Waals surface area contributed by atoms with Gasteiger partial charge in [0.25, 0.3) is 0 Å². The van der Waals surface area contributed by atoms with E-state index in [0.29, 0.717) is 22.6 Å². The topological polar surface area (TPSA) is 95.5 Å². The minimum Gasteiger partial charge on any atom is -0.339 e. The molecule has 2 heterocycles. The van der Waals surface area contributed by atoms with Crippen LogP contribution in [0.4, 0.5) is 10.8 Å². The van der Waals surface area contributed by atoms with E-state index < -0.39 is 10.0 Å². The summed E-state index contributed by atoms with van der Waals surface area (Å²) in [7, 11) is -3.52. The number of para-hydroxylation sites is 1. The molecule has 4 rings (SSSR count). The minimum absolute atomic E-state index is 0.0328. The molecule has 31 heavy (non-hydrogen) atoms. The summed E-state index contributed by atoms with van der Waals surface area (Å²) < 4.78 is 27.6. The molecule has 1 aliphatic rings. The maximum atomic E-state index is 12.7. The van der Waals surface area contributed by atoms with Crippen molar-refractivity contribution in [1.29, 1.82) is 0 Å². The fraction of sp³-hybridized carbons (Fsp3) is 0.250. The summed E-state index contributed by atoms with van der Waals surface area (Å²) >= 11 is 2.73. The number of hydrogen-bond acceptors (Lipinski definition) is 8. The van der Waals surface area contributed by atoms with Crippen LogP contribution in [0.15, 0.2) is 69.9 Å². The van der Waals surface area contributed by atoms with E-state index in [1.54, 1.807) is 35.2 Å². The van der Waals surface area contributed by atoms with Gasteiger partial charge in [-0.3, -0.25) is 4.79 Å². The number of anilines is 2. The number of sulfonamides is 1. The molecule has 0 saturated carbocycles. The Morgan fingerprint density at radius 3 is 2.29 bits per heavy atom. The summed E-state index contributed by atoms with van der Waals surface area (Å²) in [4.78, 5) is 14.6. The number of benzene rings is 2. The molecule has 0 aliphatic carbocycles. The molecular weight excluding hydrogens is 454 g/mol. The number of nitrogens with zero attached hydrogens (tertiary/aromatic N) is 4. The first-order valence-corrected chi connectivity index (χ1v) is 12.9. The first kappa shape index (κ1) is 21.8. The Morgan fingerprint density at radius 2 is 1.61 bits per heavy atom. The summed E-state index contributed by atoms with van der Waals surface area (Å²) in [6.45, 7) is 1.33. The van der Waals surface area contributed by atoms with Gasteiger partial charge in [0.05, 0.1) is 10.6 Å². The largest absolute Gasteiger partial charge is 0.339 e. The van der Waals surface area contributed by atoms with Crippen LogP contribution >= 0.6 is 23.1 Å². The van der Waals surface area contributed by atoms with Gasteiger partial charge in [0.15, 0.2) is 4.34 Å². The zero-order chi connectivity index (χ0) is 21.7. The SMILES string of the molecule is O=C(CSc1nnc(Nc2ccccc2)s1)N1CCN(S(=O)(=O)c2ccccc2)CC1. The van der Waals surface area contributed by atoms with E-state index in [0.717, 1.165) is 5.69 Å². The molecule has 1 N–H and O–H groups in total. The van der Waals surface area contributed by atoms with Gasteiger partial charge >= 0.3 is 0 Å². The van der Waals surface area contributed by atoms with Crippen molar-refractivity contribution < 1.29 is 13.2 Å². The van der Waals surface area contributed by atoms with Crippen molar-refractivity contribution in [2.24, 2.45) is 0 Å². The number of piperazine rings is 1. The van der Waals surface area contributed by atoms with Crippen LogP contribution in [0.25, 0.3) is 0 Å². The van der Waals surface area contributed by atoms with Gasteiger partial charge in [-0.2, -0.15) is 4.31 Å². The lowest BCUT2D eigenvalue weighted by Gasteiger charge is -2.34. The molecule has 3 aromatic rings. The molecule has 2 aromatic carbocycles. The van der Waals surface area contributed by atoms with E-state index >= 15 is 0 Å². The van der Waals surface area contributed by atoms with E-state index in [1.165, 1.54) is 27.4 Å². The van der Waals surface area contributed by atoms with Crippen molar-refractivity contribution in [2.45, 2.75) is 9.24 Å². The lowest BCUT2D eigenvalue weighted by Crippen LogP contribution is -2.50. The average molecular weight is 476 g/mol. The molecular formula is C20H21N5O3S3. The van der Waals surface area contributed by atoms with Crippen molar-refractivity contribution in [2.75, 3.05) is 37.2 Å². The molecule has 1 amide bonds. The average Bonchev–Trinajstić information content (AvgIpc) is 3.26. The molecule has 0 spiro atoms. The number of thioether (sulfide) groups is 1. The van der Waals surface area contributed by atoms with Crippen LogP contribution < -0.4 is 5.32 Å². The molecule has 162 valence electrons. The van der Waals surface area contributed by atoms with Crippen molar-refractivity contribution in [3.05, 3.63) is 60.7 Å². The van der Waals surface area contributed by atoms with Crippen molar-refractivity contribution >= 4 is 49.8 Å². The second-order valence-corrected chi connectivity index (χ2v) is 10.9. The quantitative estimate of drug-likeness (QED) is 0.525. The molecule has 1 saturated heterocycles. The monoisotopic (exact) mass is 475 g/mol. The number of rotatable bonds is 7. The number of nitrogens with one attached hydrogen (secondary N) is 1. The van der Waals surface area contributed by atoms with Crippen LogP contribution in [-0.2, 0) is 14.8 Å². The minimum atomic E-state index is -3.52. The van der Waals surface area contributed by atoms with Crippen LogP contribution in [0.5, 0.6) is 0 Å². The molecule has 0 radical (unpaired) electrons. The molecule has 0 atom stereocenters. The second kappa shape index (κ2) is 9.77. The maximum absolute atomic E-state index is 12.7. The standard InChI is InChI=1S/C20H21N5O3S3/c26-18(15-29-20-23-22-19(30-20)21-16-7-3-1-4-8-16)24-11-13-25(14-12-24)31(27,28)17-9-5-2-6-10-17/h1-10H,11-15H2,(H,21,22). The van der Waals surface area contributed by atoms with Crippen LogP contribution in [0.1, 0.15) is 0 Å². The van der Waals surface area contributed by atoms with Crippen LogP contribution in [-0.4, -0.2) is 65.7 Å². The third kappa shape index (κ3) is 5.42. The first-order valence-electron chi connectivity index (χ1n) is 9.64. The van der Waals surface area contributed by atoms with Gasteiger partial charge in [0.2, 0.25) is 21.1 Å². The molecule has 11 heteroatoms. The smallest absolute Gasteiger partial charge is 0.243 e. The molecule has 0 bridgehead atoms.